The van der Waals surface area contributed by atoms with Gasteiger partial charge >= 0.3 is 30.0 Å². The number of carbonyl (C=O) groups is 6. The molecule has 268 valence electrons. The molecule has 2 aromatic rings. The number of esters is 4. The largest absolute Gasteiger partial charge is 0.463 e. The Bertz CT molecular complexity index is 1550. The molecule has 2 N–H and O–H groups in total. The Kier molecular flexibility index (Phi) is 13.1. The van der Waals surface area contributed by atoms with Gasteiger partial charge in [-0.2, -0.15) is 0 Å². The van der Waals surface area contributed by atoms with Crippen molar-refractivity contribution in [3.05, 3.63) is 72.3 Å². The van der Waals surface area contributed by atoms with Gasteiger partial charge in [0, 0.05) is 33.6 Å². The number of amides is 2. The van der Waals surface area contributed by atoms with Gasteiger partial charge < -0.3 is 43.8 Å². The average Bonchev–Trinajstić information content (AvgIpc) is 3.38. The number of benzene rings is 2. The zero-order valence-electron chi connectivity index (χ0n) is 28.1. The second kappa shape index (κ2) is 17.4. The van der Waals surface area contributed by atoms with Gasteiger partial charge in [0.25, 0.3) is 0 Å². The summed E-state index contributed by atoms with van der Waals surface area (Å²) in [4.78, 5) is 74.3. The van der Waals surface area contributed by atoms with E-state index in [-0.39, 0.29) is 19.1 Å². The molecule has 2 aliphatic rings. The molecule has 2 amide bonds. The van der Waals surface area contributed by atoms with Crippen molar-refractivity contribution in [2.24, 2.45) is 0 Å². The summed E-state index contributed by atoms with van der Waals surface area (Å²) in [6.07, 6.45) is -5.09. The molecular weight excluding hydrogens is 656 g/mol. The minimum absolute atomic E-state index is 0.0368. The van der Waals surface area contributed by atoms with E-state index in [2.05, 4.69) is 17.2 Å². The van der Waals surface area contributed by atoms with Crippen LogP contribution in [0.25, 0.3) is 11.1 Å². The number of rotatable bonds is 14. The highest BCUT2D eigenvalue weighted by Crippen LogP contribution is 2.44. The maximum absolute atomic E-state index is 13.1. The van der Waals surface area contributed by atoms with Crippen LogP contribution in [0.2, 0.25) is 0 Å². The van der Waals surface area contributed by atoms with Crippen LogP contribution >= 0.6 is 0 Å². The van der Waals surface area contributed by atoms with E-state index >= 15 is 0 Å². The summed E-state index contributed by atoms with van der Waals surface area (Å²) >= 11 is 0. The van der Waals surface area contributed by atoms with E-state index in [1.807, 2.05) is 48.5 Å². The first-order valence-corrected chi connectivity index (χ1v) is 15.8. The number of fused-ring (bicyclic) bond motifs is 3. The standard InChI is InChI=1S/C35H40N2O13/c1-6-15-44-33(42)28(37-35(43)47-16-27-25-13-9-7-11-23(25)24-12-8-10-14-26(24)27)17-46-34-30(36-19(2)38)32(49-22(5)41)31(48-21(4)40)29(50-34)18-45-20(3)39/h6-14,27-32,34H,1,15-18H2,2-5H3,(H,36,38)(H,37,43)/t28-,29+,30+,31+,32+,34+/m0/s1. The Morgan fingerprint density at radius 1 is 0.800 bits per heavy atom. The molecule has 1 fully saturated rings. The summed E-state index contributed by atoms with van der Waals surface area (Å²) in [5, 5.41) is 5.03. The first-order valence-electron chi connectivity index (χ1n) is 15.8. The Balaban J connectivity index is 1.53. The van der Waals surface area contributed by atoms with Crippen LogP contribution in [0.4, 0.5) is 4.79 Å². The molecule has 15 heteroatoms. The smallest absolute Gasteiger partial charge is 0.407 e. The summed E-state index contributed by atoms with van der Waals surface area (Å²) in [5.41, 5.74) is 4.05. The summed E-state index contributed by atoms with van der Waals surface area (Å²) in [6.45, 7) is 6.80. The molecule has 2 aromatic carbocycles. The third-order valence-corrected chi connectivity index (χ3v) is 7.76. The molecule has 0 bridgehead atoms. The predicted octanol–water partition coefficient (Wildman–Crippen LogP) is 2.30. The molecule has 0 spiro atoms. The van der Waals surface area contributed by atoms with Crippen molar-refractivity contribution in [2.45, 2.75) is 70.3 Å². The SMILES string of the molecule is C=CCOC(=O)[C@H](CO[C@@H]1O[C@H](COC(C)=O)[C@@H](OC(C)=O)[C@H](OC(C)=O)[C@H]1NC(C)=O)NC(=O)OCC1c2ccccc2-c2ccccc21. The molecule has 4 rings (SSSR count). The fourth-order valence-electron chi connectivity index (χ4n) is 5.82. The van der Waals surface area contributed by atoms with Crippen molar-refractivity contribution in [3.8, 4) is 11.1 Å². The Morgan fingerprint density at radius 3 is 1.96 bits per heavy atom. The lowest BCUT2D eigenvalue weighted by Gasteiger charge is -2.45. The second-order valence-electron chi connectivity index (χ2n) is 11.5. The van der Waals surface area contributed by atoms with Crippen LogP contribution in [0.5, 0.6) is 0 Å². The van der Waals surface area contributed by atoms with Crippen molar-refractivity contribution in [1.29, 1.82) is 0 Å². The van der Waals surface area contributed by atoms with Crippen LogP contribution in [0.15, 0.2) is 61.2 Å². The second-order valence-corrected chi connectivity index (χ2v) is 11.5. The van der Waals surface area contributed by atoms with Crippen molar-refractivity contribution in [2.75, 3.05) is 26.4 Å². The van der Waals surface area contributed by atoms with Crippen molar-refractivity contribution < 1.29 is 61.9 Å². The monoisotopic (exact) mass is 696 g/mol. The van der Waals surface area contributed by atoms with Crippen molar-refractivity contribution in [3.63, 3.8) is 0 Å². The summed E-state index contributed by atoms with van der Waals surface area (Å²) < 4.78 is 38.6. The lowest BCUT2D eigenvalue weighted by atomic mass is 9.96. The normalized spacial score (nSPS) is 21.3. The molecule has 1 heterocycles. The van der Waals surface area contributed by atoms with Crippen LogP contribution < -0.4 is 10.6 Å². The van der Waals surface area contributed by atoms with Crippen LogP contribution in [0.1, 0.15) is 44.7 Å². The topological polar surface area (TPSA) is 191 Å². The Morgan fingerprint density at radius 2 is 1.40 bits per heavy atom. The van der Waals surface area contributed by atoms with Crippen molar-refractivity contribution >= 4 is 35.9 Å². The number of hydrogen-bond donors (Lipinski definition) is 2. The van der Waals surface area contributed by atoms with E-state index in [0.717, 1.165) is 43.0 Å². The lowest BCUT2D eigenvalue weighted by Crippen LogP contribution is -2.67. The predicted molar refractivity (Wildman–Crippen MR) is 173 cm³/mol. The maximum Gasteiger partial charge on any atom is 0.407 e. The van der Waals surface area contributed by atoms with E-state index in [1.165, 1.54) is 13.0 Å². The number of alkyl carbamates (subject to hydrolysis) is 1. The lowest BCUT2D eigenvalue weighted by molar-refractivity contribution is -0.278. The van der Waals surface area contributed by atoms with Crippen LogP contribution in [0.3, 0.4) is 0 Å². The number of ether oxygens (including phenoxy) is 7. The van der Waals surface area contributed by atoms with Gasteiger partial charge in [0.2, 0.25) is 5.91 Å². The molecule has 0 unspecified atom stereocenters. The van der Waals surface area contributed by atoms with Crippen LogP contribution in [0, 0.1) is 0 Å². The van der Waals surface area contributed by atoms with E-state index in [4.69, 9.17) is 33.2 Å². The molecular formula is C35H40N2O13. The van der Waals surface area contributed by atoms with Gasteiger partial charge in [0.15, 0.2) is 24.5 Å². The first-order chi connectivity index (χ1) is 23.9. The molecule has 1 aliphatic carbocycles. The molecule has 0 radical (unpaired) electrons. The Labute approximate surface area is 288 Å². The fourth-order valence-corrected chi connectivity index (χ4v) is 5.82. The number of hydrogen-bond acceptors (Lipinski definition) is 13. The van der Waals surface area contributed by atoms with Gasteiger partial charge in [-0.3, -0.25) is 19.2 Å². The number of carbonyl (C=O) groups excluding carboxylic acids is 6. The number of nitrogens with one attached hydrogen (secondary N) is 2. The summed E-state index contributed by atoms with van der Waals surface area (Å²) in [6, 6.07) is 12.8. The van der Waals surface area contributed by atoms with Gasteiger partial charge in [-0.25, -0.2) is 9.59 Å². The van der Waals surface area contributed by atoms with Crippen LogP contribution in [-0.4, -0.2) is 99.0 Å². The highest BCUT2D eigenvalue weighted by atomic mass is 16.7. The average molecular weight is 697 g/mol. The van der Waals surface area contributed by atoms with Gasteiger partial charge in [0.1, 0.15) is 32.0 Å². The van der Waals surface area contributed by atoms with E-state index in [9.17, 15) is 28.8 Å². The fraction of sp³-hybridized carbons (Fsp3) is 0.429. The molecule has 1 saturated heterocycles. The quantitative estimate of drug-likeness (QED) is 0.166. The molecule has 15 nitrogen and oxygen atoms in total. The maximum atomic E-state index is 13.1. The van der Waals surface area contributed by atoms with Gasteiger partial charge in [-0.15, -0.1) is 0 Å². The minimum Gasteiger partial charge on any atom is -0.463 e. The Hall–Kier alpha value is -5.28. The third kappa shape index (κ3) is 9.66. The van der Waals surface area contributed by atoms with Gasteiger partial charge in [0.05, 0.1) is 6.61 Å². The van der Waals surface area contributed by atoms with Gasteiger partial charge in [-0.05, 0) is 22.3 Å². The highest BCUT2D eigenvalue weighted by molar-refractivity contribution is 5.82. The third-order valence-electron chi connectivity index (χ3n) is 7.76. The zero-order valence-corrected chi connectivity index (χ0v) is 28.1. The van der Waals surface area contributed by atoms with Gasteiger partial charge in [-0.1, -0.05) is 61.2 Å². The van der Waals surface area contributed by atoms with Crippen molar-refractivity contribution in [1.82, 2.24) is 10.6 Å². The molecule has 6 atom stereocenters. The van der Waals surface area contributed by atoms with E-state index < -0.39 is 85.8 Å². The highest BCUT2D eigenvalue weighted by Gasteiger charge is 2.51. The zero-order chi connectivity index (χ0) is 36.4. The molecule has 50 heavy (non-hydrogen) atoms. The minimum atomic E-state index is -1.49. The molecule has 0 saturated carbocycles. The summed E-state index contributed by atoms with van der Waals surface area (Å²) in [5.74, 6) is -4.00. The van der Waals surface area contributed by atoms with Crippen LogP contribution in [-0.2, 0) is 57.1 Å². The molecule has 1 aliphatic heterocycles. The summed E-state index contributed by atoms with van der Waals surface area (Å²) in [7, 11) is 0. The van der Waals surface area contributed by atoms with E-state index in [0.29, 0.717) is 0 Å². The first kappa shape index (κ1) is 37.5. The molecule has 0 aromatic heterocycles. The van der Waals surface area contributed by atoms with E-state index in [1.54, 1.807) is 0 Å².